The van der Waals surface area contributed by atoms with Crippen LogP contribution in [0.25, 0.3) is 0 Å². The lowest BCUT2D eigenvalue weighted by Gasteiger charge is -2.11. The Kier molecular flexibility index (Phi) is 4.29. The molecule has 2 N–H and O–H groups in total. The van der Waals surface area contributed by atoms with Crippen molar-refractivity contribution in [2.75, 3.05) is 12.3 Å². The Morgan fingerprint density at radius 2 is 1.38 bits per heavy atom. The molecule has 0 fully saturated rings. The van der Waals surface area contributed by atoms with Gasteiger partial charge in [-0.15, -0.1) is 0 Å². The predicted molar refractivity (Wildman–Crippen MR) is 41.7 cm³/mol. The van der Waals surface area contributed by atoms with Gasteiger partial charge in [0.15, 0.2) is 0 Å². The Bertz CT molecular complexity index is 319. The van der Waals surface area contributed by atoms with Crippen molar-refractivity contribution < 1.29 is 23.2 Å². The predicted octanol–water partition coefficient (Wildman–Crippen LogP) is 0.421. The zero-order valence-corrected chi connectivity index (χ0v) is 8.11. The van der Waals surface area contributed by atoms with E-state index in [1.54, 1.807) is 0 Å². The smallest absolute Gasteiger partial charge is 0.323 e. The number of nitrogens with zero attached hydrogens (tertiary/aromatic N) is 2. The Labute approximate surface area is 74.2 Å². The second-order valence-corrected chi connectivity index (χ2v) is 5.82. The van der Waals surface area contributed by atoms with Gasteiger partial charge in [0.05, 0.1) is 12.1 Å². The quantitative estimate of drug-likeness (QED) is 0.661. The summed E-state index contributed by atoms with van der Waals surface area (Å²) in [7, 11) is -8.74. The summed E-state index contributed by atoms with van der Waals surface area (Å²) in [6.45, 7) is 0. The number of hydrogen-bond acceptors (Lipinski definition) is 5. The third kappa shape index (κ3) is 5.54. The van der Waals surface area contributed by atoms with Crippen LogP contribution in [0.3, 0.4) is 0 Å². The molecule has 0 aliphatic rings. The molecular formula is C4H6N2O5P2. The third-order valence-electron chi connectivity index (χ3n) is 0.796. The Hall–Kier alpha value is -0.680. The van der Waals surface area contributed by atoms with Crippen LogP contribution >= 0.6 is 15.2 Å². The van der Waals surface area contributed by atoms with Gasteiger partial charge in [-0.1, -0.05) is 0 Å². The summed E-state index contributed by atoms with van der Waals surface area (Å²) in [5, 5.41) is 16.1. The van der Waals surface area contributed by atoms with E-state index in [4.69, 9.17) is 20.3 Å². The normalized spacial score (nSPS) is 19.1. The molecule has 72 valence electrons. The van der Waals surface area contributed by atoms with Crippen molar-refractivity contribution in [3.63, 3.8) is 0 Å². The molecular weight excluding hydrogens is 218 g/mol. The number of rotatable bonds is 4. The second kappa shape index (κ2) is 4.53. The van der Waals surface area contributed by atoms with E-state index in [0.29, 0.717) is 0 Å². The van der Waals surface area contributed by atoms with Gasteiger partial charge in [0.25, 0.3) is 0 Å². The van der Waals surface area contributed by atoms with E-state index < -0.39 is 27.5 Å². The van der Waals surface area contributed by atoms with Gasteiger partial charge in [-0.2, -0.15) is 10.5 Å². The summed E-state index contributed by atoms with van der Waals surface area (Å²) < 4.78 is 25.4. The summed E-state index contributed by atoms with van der Waals surface area (Å²) >= 11 is 0. The fraction of sp³-hybridized carbons (Fsp3) is 0.500. The fourth-order valence-corrected chi connectivity index (χ4v) is 2.85. The van der Waals surface area contributed by atoms with Crippen LogP contribution in [0.5, 0.6) is 0 Å². The summed E-state index contributed by atoms with van der Waals surface area (Å²) in [5.41, 5.74) is 0. The molecule has 2 unspecified atom stereocenters. The van der Waals surface area contributed by atoms with Crippen LogP contribution in [0, 0.1) is 22.7 Å². The zero-order valence-electron chi connectivity index (χ0n) is 6.32. The molecule has 7 nitrogen and oxygen atoms in total. The summed E-state index contributed by atoms with van der Waals surface area (Å²) in [6, 6.07) is 2.64. The number of nitriles is 2. The molecule has 0 amide bonds. The van der Waals surface area contributed by atoms with E-state index in [0.717, 1.165) is 0 Å². The highest BCUT2D eigenvalue weighted by atomic mass is 31.3. The van der Waals surface area contributed by atoms with Gasteiger partial charge < -0.3 is 9.79 Å². The molecule has 9 heteroatoms. The minimum Gasteiger partial charge on any atom is -0.323 e. The highest BCUT2D eigenvalue weighted by molar-refractivity contribution is 7.66. The molecule has 0 heterocycles. The van der Waals surface area contributed by atoms with E-state index in [1.807, 2.05) is 0 Å². The minimum absolute atomic E-state index is 0.886. The molecule has 0 rings (SSSR count). The molecule has 0 aliphatic heterocycles. The first-order valence-electron chi connectivity index (χ1n) is 2.92. The fourth-order valence-electron chi connectivity index (χ4n) is 0.436. The maximum absolute atomic E-state index is 10.8. The van der Waals surface area contributed by atoms with Crippen molar-refractivity contribution in [3.05, 3.63) is 0 Å². The van der Waals surface area contributed by atoms with E-state index in [-0.39, 0.29) is 0 Å². The van der Waals surface area contributed by atoms with Crippen molar-refractivity contribution in [2.45, 2.75) is 0 Å². The van der Waals surface area contributed by atoms with Gasteiger partial charge in [-0.05, 0) is 0 Å². The Balaban J connectivity index is 4.47. The van der Waals surface area contributed by atoms with Crippen LogP contribution < -0.4 is 0 Å². The van der Waals surface area contributed by atoms with Gasteiger partial charge in [0.2, 0.25) is 0 Å². The lowest BCUT2D eigenvalue weighted by molar-refractivity contribution is 0.337. The monoisotopic (exact) mass is 224 g/mol. The first kappa shape index (κ1) is 12.3. The van der Waals surface area contributed by atoms with E-state index in [2.05, 4.69) is 4.31 Å². The van der Waals surface area contributed by atoms with Crippen LogP contribution in [0.1, 0.15) is 0 Å². The van der Waals surface area contributed by atoms with Gasteiger partial charge in [-0.25, -0.2) is 4.31 Å². The van der Waals surface area contributed by atoms with Gasteiger partial charge >= 0.3 is 15.2 Å². The molecule has 0 spiro atoms. The summed E-state index contributed by atoms with van der Waals surface area (Å²) in [5.74, 6) is 0. The maximum Gasteiger partial charge on any atom is 0.349 e. The highest BCUT2D eigenvalue weighted by Crippen LogP contribution is 2.58. The standard InChI is InChI=1S/C4H6N2O5P2/c5-1-3-12(7,8)11-13(9,10)4-2-6/h3-4H2,(H,7,8)(H,9,10). The van der Waals surface area contributed by atoms with Gasteiger partial charge in [-0.3, -0.25) is 9.13 Å². The van der Waals surface area contributed by atoms with Crippen molar-refractivity contribution in [1.29, 1.82) is 10.5 Å². The summed E-state index contributed by atoms with van der Waals surface area (Å²) in [4.78, 5) is 17.5. The molecule has 0 saturated carbocycles. The van der Waals surface area contributed by atoms with E-state index in [9.17, 15) is 9.13 Å². The SMILES string of the molecule is N#CCP(=O)(O)OP(=O)(O)CC#N. The first-order valence-corrected chi connectivity index (χ1v) is 6.44. The second-order valence-electron chi connectivity index (χ2n) is 1.99. The van der Waals surface area contributed by atoms with E-state index in [1.165, 1.54) is 12.1 Å². The average Bonchev–Trinajstić information content (AvgIpc) is 1.82. The maximum atomic E-state index is 10.8. The lowest BCUT2D eigenvalue weighted by atomic mass is 10.9. The zero-order chi connectivity index (χ0) is 10.5. The molecule has 0 aromatic carbocycles. The molecule has 13 heavy (non-hydrogen) atoms. The van der Waals surface area contributed by atoms with E-state index >= 15 is 0 Å². The van der Waals surface area contributed by atoms with Crippen molar-refractivity contribution in [2.24, 2.45) is 0 Å². The molecule has 0 aromatic rings. The van der Waals surface area contributed by atoms with Gasteiger partial charge in [0, 0.05) is 0 Å². The van der Waals surface area contributed by atoms with Crippen molar-refractivity contribution in [3.8, 4) is 12.1 Å². The van der Waals surface area contributed by atoms with Crippen LogP contribution in [0.2, 0.25) is 0 Å². The van der Waals surface area contributed by atoms with Crippen LogP contribution in [-0.4, -0.2) is 22.1 Å². The number of hydrogen-bond donors (Lipinski definition) is 2. The topological polar surface area (TPSA) is 131 Å². The molecule has 0 aliphatic carbocycles. The van der Waals surface area contributed by atoms with Crippen LogP contribution in [-0.2, 0) is 13.4 Å². The van der Waals surface area contributed by atoms with Gasteiger partial charge in [0.1, 0.15) is 12.3 Å². The molecule has 0 saturated heterocycles. The first-order chi connectivity index (χ1) is 5.83. The largest absolute Gasteiger partial charge is 0.349 e. The van der Waals surface area contributed by atoms with Crippen LogP contribution in [0.4, 0.5) is 0 Å². The average molecular weight is 224 g/mol. The molecule has 0 bridgehead atoms. The Morgan fingerprint density at radius 1 is 1.08 bits per heavy atom. The third-order valence-corrected chi connectivity index (χ3v) is 3.92. The lowest BCUT2D eigenvalue weighted by Crippen LogP contribution is -1.94. The molecule has 2 atom stereocenters. The van der Waals surface area contributed by atoms with Crippen LogP contribution in [0.15, 0.2) is 0 Å². The highest BCUT2D eigenvalue weighted by Gasteiger charge is 2.31. The molecule has 0 radical (unpaired) electrons. The molecule has 0 aromatic heterocycles. The van der Waals surface area contributed by atoms with Crippen molar-refractivity contribution >= 4 is 15.2 Å². The summed E-state index contributed by atoms with van der Waals surface area (Å²) in [6.07, 6.45) is -1.77. The minimum atomic E-state index is -4.37. The Morgan fingerprint density at radius 3 is 1.62 bits per heavy atom. The van der Waals surface area contributed by atoms with Crippen molar-refractivity contribution in [1.82, 2.24) is 0 Å².